The van der Waals surface area contributed by atoms with Gasteiger partial charge in [-0.05, 0) is 32.6 Å². The zero-order valence-electron chi connectivity index (χ0n) is 13.7. The van der Waals surface area contributed by atoms with Crippen molar-refractivity contribution in [3.05, 3.63) is 18.1 Å². The molecule has 126 valence electrons. The molecule has 1 aromatic heterocycles. The van der Waals surface area contributed by atoms with Crippen LogP contribution in [0.5, 0.6) is 0 Å². The molecule has 0 bridgehead atoms. The first-order valence-electron chi connectivity index (χ1n) is 8.59. The first-order chi connectivity index (χ1) is 11.3. The third-order valence-corrected chi connectivity index (χ3v) is 4.68. The lowest BCUT2D eigenvalue weighted by Gasteiger charge is -2.32. The van der Waals surface area contributed by atoms with Crippen LogP contribution >= 0.6 is 0 Å². The van der Waals surface area contributed by atoms with Gasteiger partial charge in [-0.1, -0.05) is 0 Å². The fourth-order valence-electron chi connectivity index (χ4n) is 3.39. The van der Waals surface area contributed by atoms with E-state index in [2.05, 4.69) is 20.9 Å². The molecule has 23 heavy (non-hydrogen) atoms. The van der Waals surface area contributed by atoms with E-state index in [4.69, 9.17) is 9.47 Å². The molecule has 0 aliphatic carbocycles. The number of carbonyl (C=O) groups excluding carboxylic acids is 1. The van der Waals surface area contributed by atoms with E-state index >= 15 is 0 Å². The molecule has 0 aromatic carbocycles. The number of carbonyl (C=O) groups is 1. The second-order valence-electron chi connectivity index (χ2n) is 6.22. The van der Waals surface area contributed by atoms with Crippen LogP contribution in [0.2, 0.25) is 0 Å². The van der Waals surface area contributed by atoms with Crippen LogP contribution in [-0.2, 0) is 14.3 Å². The van der Waals surface area contributed by atoms with Crippen molar-refractivity contribution in [1.29, 1.82) is 0 Å². The monoisotopic (exact) mass is 319 g/mol. The highest BCUT2D eigenvalue weighted by Crippen LogP contribution is 2.28. The first-order valence-corrected chi connectivity index (χ1v) is 8.59. The van der Waals surface area contributed by atoms with Crippen molar-refractivity contribution in [3.8, 4) is 0 Å². The predicted molar refractivity (Wildman–Crippen MR) is 86.4 cm³/mol. The van der Waals surface area contributed by atoms with E-state index in [0.29, 0.717) is 19.1 Å². The van der Waals surface area contributed by atoms with E-state index in [1.165, 1.54) is 0 Å². The molecule has 0 spiro atoms. The Hall–Kier alpha value is -1.69. The highest BCUT2D eigenvalue weighted by atomic mass is 16.5. The lowest BCUT2D eigenvalue weighted by molar-refractivity contribution is -0.148. The van der Waals surface area contributed by atoms with Crippen LogP contribution in [-0.4, -0.2) is 48.8 Å². The van der Waals surface area contributed by atoms with Crippen LogP contribution in [0.3, 0.4) is 0 Å². The molecule has 3 heterocycles. The number of esters is 1. The summed E-state index contributed by atoms with van der Waals surface area (Å²) < 4.78 is 10.6. The van der Waals surface area contributed by atoms with Gasteiger partial charge in [-0.2, -0.15) is 0 Å². The molecule has 1 atom stereocenters. The second-order valence-corrected chi connectivity index (χ2v) is 6.22. The first kappa shape index (κ1) is 16.2. The summed E-state index contributed by atoms with van der Waals surface area (Å²) in [6, 6.07) is 2.09. The minimum absolute atomic E-state index is 0.0507. The molecule has 0 amide bonds. The molecule has 2 aliphatic heterocycles. The summed E-state index contributed by atoms with van der Waals surface area (Å²) in [5, 5.41) is 0. The maximum Gasteiger partial charge on any atom is 0.310 e. The Morgan fingerprint density at radius 2 is 2.17 bits per heavy atom. The Morgan fingerprint density at radius 3 is 2.96 bits per heavy atom. The van der Waals surface area contributed by atoms with Crippen molar-refractivity contribution < 1.29 is 14.3 Å². The summed E-state index contributed by atoms with van der Waals surface area (Å²) in [5.74, 6) is 1.24. The standard InChI is InChI=1S/C17H25N3O3/c1-2-23-17(21)14-4-3-7-20(11-14)16-10-15(18-12-19-16)13-5-8-22-9-6-13/h10,12-14H,2-9,11H2,1H3. The summed E-state index contributed by atoms with van der Waals surface area (Å²) in [4.78, 5) is 23.1. The van der Waals surface area contributed by atoms with Crippen LogP contribution in [0.4, 0.5) is 5.82 Å². The van der Waals surface area contributed by atoms with Crippen molar-refractivity contribution in [1.82, 2.24) is 9.97 Å². The minimum Gasteiger partial charge on any atom is -0.466 e. The van der Waals surface area contributed by atoms with Gasteiger partial charge < -0.3 is 14.4 Å². The van der Waals surface area contributed by atoms with E-state index in [1.54, 1.807) is 6.33 Å². The van der Waals surface area contributed by atoms with Gasteiger partial charge in [0.15, 0.2) is 0 Å². The molecular weight excluding hydrogens is 294 g/mol. The zero-order valence-corrected chi connectivity index (χ0v) is 13.7. The van der Waals surface area contributed by atoms with Gasteiger partial charge in [0.05, 0.1) is 12.5 Å². The number of aromatic nitrogens is 2. The predicted octanol–water partition coefficient (Wildman–Crippen LogP) is 2.15. The molecule has 0 radical (unpaired) electrons. The van der Waals surface area contributed by atoms with Crippen molar-refractivity contribution in [2.45, 2.75) is 38.5 Å². The largest absolute Gasteiger partial charge is 0.466 e. The van der Waals surface area contributed by atoms with Crippen molar-refractivity contribution in [2.75, 3.05) is 37.8 Å². The molecule has 6 heteroatoms. The van der Waals surface area contributed by atoms with E-state index in [9.17, 15) is 4.79 Å². The second kappa shape index (κ2) is 7.73. The van der Waals surface area contributed by atoms with E-state index < -0.39 is 0 Å². The number of hydrogen-bond acceptors (Lipinski definition) is 6. The van der Waals surface area contributed by atoms with Crippen LogP contribution < -0.4 is 4.90 Å². The van der Waals surface area contributed by atoms with Crippen LogP contribution in [0.25, 0.3) is 0 Å². The Bertz CT molecular complexity index is 532. The number of rotatable bonds is 4. The number of ether oxygens (including phenoxy) is 2. The SMILES string of the molecule is CCOC(=O)C1CCCN(c2cc(C3CCOCC3)ncn2)C1. The number of hydrogen-bond donors (Lipinski definition) is 0. The Kier molecular flexibility index (Phi) is 5.43. The van der Waals surface area contributed by atoms with Gasteiger partial charge in [0.25, 0.3) is 0 Å². The van der Waals surface area contributed by atoms with Gasteiger partial charge in [-0.15, -0.1) is 0 Å². The fraction of sp³-hybridized carbons (Fsp3) is 0.706. The molecule has 1 unspecified atom stereocenters. The van der Waals surface area contributed by atoms with Crippen molar-refractivity contribution in [3.63, 3.8) is 0 Å². The maximum absolute atomic E-state index is 12.0. The topological polar surface area (TPSA) is 64.5 Å². The number of piperidine rings is 1. The van der Waals surface area contributed by atoms with Crippen LogP contribution in [0.15, 0.2) is 12.4 Å². The number of anilines is 1. The van der Waals surface area contributed by atoms with Gasteiger partial charge in [-0.25, -0.2) is 9.97 Å². The van der Waals surface area contributed by atoms with Crippen molar-refractivity contribution in [2.24, 2.45) is 5.92 Å². The number of nitrogens with zero attached hydrogens (tertiary/aromatic N) is 3. The molecule has 1 aromatic rings. The summed E-state index contributed by atoms with van der Waals surface area (Å²) in [6.45, 7) is 5.51. The fourth-order valence-corrected chi connectivity index (χ4v) is 3.39. The van der Waals surface area contributed by atoms with Gasteiger partial charge >= 0.3 is 5.97 Å². The van der Waals surface area contributed by atoms with Gasteiger partial charge in [0, 0.05) is 44.0 Å². The normalized spacial score (nSPS) is 22.8. The molecule has 3 rings (SSSR count). The average molecular weight is 319 g/mol. The molecule has 6 nitrogen and oxygen atoms in total. The summed E-state index contributed by atoms with van der Waals surface area (Å²) in [6.07, 6.45) is 5.56. The molecule has 0 N–H and O–H groups in total. The van der Waals surface area contributed by atoms with Gasteiger partial charge in [0.1, 0.15) is 12.1 Å². The summed E-state index contributed by atoms with van der Waals surface area (Å²) >= 11 is 0. The third kappa shape index (κ3) is 3.99. The molecule has 0 saturated carbocycles. The zero-order chi connectivity index (χ0) is 16.1. The van der Waals surface area contributed by atoms with E-state index in [0.717, 1.165) is 57.0 Å². The quantitative estimate of drug-likeness (QED) is 0.792. The van der Waals surface area contributed by atoms with Crippen LogP contribution in [0.1, 0.15) is 44.2 Å². The van der Waals surface area contributed by atoms with Gasteiger partial charge in [-0.3, -0.25) is 4.79 Å². The lowest BCUT2D eigenvalue weighted by Crippen LogP contribution is -2.40. The van der Waals surface area contributed by atoms with Gasteiger partial charge in [0.2, 0.25) is 0 Å². The van der Waals surface area contributed by atoms with Crippen LogP contribution in [0, 0.1) is 5.92 Å². The third-order valence-electron chi connectivity index (χ3n) is 4.68. The Balaban J connectivity index is 1.69. The average Bonchev–Trinajstić information content (AvgIpc) is 2.63. The van der Waals surface area contributed by atoms with E-state index in [1.807, 2.05) is 6.92 Å². The highest BCUT2D eigenvalue weighted by Gasteiger charge is 2.28. The lowest BCUT2D eigenvalue weighted by atomic mass is 9.95. The molecule has 2 saturated heterocycles. The molecule has 2 aliphatic rings. The van der Waals surface area contributed by atoms with Crippen molar-refractivity contribution >= 4 is 11.8 Å². The smallest absolute Gasteiger partial charge is 0.310 e. The maximum atomic E-state index is 12.0. The Morgan fingerprint density at radius 1 is 1.35 bits per heavy atom. The minimum atomic E-state index is -0.0871. The van der Waals surface area contributed by atoms with E-state index in [-0.39, 0.29) is 11.9 Å². The molecular formula is C17H25N3O3. The highest BCUT2D eigenvalue weighted by molar-refractivity contribution is 5.73. The molecule has 2 fully saturated rings. The Labute approximate surface area is 137 Å². The summed E-state index contributed by atoms with van der Waals surface area (Å²) in [7, 11) is 0. The summed E-state index contributed by atoms with van der Waals surface area (Å²) in [5.41, 5.74) is 1.09.